The molecule has 0 aromatic heterocycles. The van der Waals surface area contributed by atoms with Gasteiger partial charge in [-0.2, -0.15) is 0 Å². The van der Waals surface area contributed by atoms with Crippen LogP contribution in [-0.2, 0) is 9.47 Å². The van der Waals surface area contributed by atoms with Crippen molar-refractivity contribution in [2.75, 3.05) is 51.4 Å². The zero-order valence-corrected chi connectivity index (χ0v) is 19.3. The Morgan fingerprint density at radius 2 is 1.29 bits per heavy atom. The van der Waals surface area contributed by atoms with Gasteiger partial charge in [0.2, 0.25) is 0 Å². The van der Waals surface area contributed by atoms with Crippen molar-refractivity contribution in [2.24, 2.45) is 0 Å². The second-order valence-electron chi connectivity index (χ2n) is 8.39. The molecule has 2 amide bonds. The van der Waals surface area contributed by atoms with Crippen LogP contribution < -0.4 is 15.8 Å². The number of anilines is 1. The molecule has 2 aromatic carbocycles. The first-order valence-corrected chi connectivity index (χ1v) is 11.5. The van der Waals surface area contributed by atoms with Gasteiger partial charge in [-0.1, -0.05) is 0 Å². The molecule has 9 nitrogen and oxygen atoms in total. The number of hydrogen-bond acceptors (Lipinski definition) is 7. The summed E-state index contributed by atoms with van der Waals surface area (Å²) in [7, 11) is 1.29. The van der Waals surface area contributed by atoms with E-state index in [2.05, 4.69) is 25.4 Å². The topological polar surface area (TPSA) is 100 Å². The van der Waals surface area contributed by atoms with Gasteiger partial charge in [-0.3, -0.25) is 25.3 Å². The second-order valence-corrected chi connectivity index (χ2v) is 8.39. The van der Waals surface area contributed by atoms with Crippen LogP contribution in [0.3, 0.4) is 0 Å². The Kier molecular flexibility index (Phi) is 7.76. The summed E-state index contributed by atoms with van der Waals surface area (Å²) in [4.78, 5) is 41.1. The molecule has 0 atom stereocenters. The van der Waals surface area contributed by atoms with Gasteiger partial charge in [-0.25, -0.2) is 4.79 Å². The fourth-order valence-corrected chi connectivity index (χ4v) is 4.35. The molecular formula is C25H30N4O5. The van der Waals surface area contributed by atoms with Gasteiger partial charge in [0, 0.05) is 62.2 Å². The number of amides is 2. The first kappa shape index (κ1) is 23.7. The summed E-state index contributed by atoms with van der Waals surface area (Å²) in [5, 5.41) is 0. The van der Waals surface area contributed by atoms with Gasteiger partial charge in [-0.05, 0) is 61.4 Å². The Morgan fingerprint density at radius 3 is 1.82 bits per heavy atom. The molecule has 0 bridgehead atoms. The number of methoxy groups -OCH3 is 1. The van der Waals surface area contributed by atoms with Gasteiger partial charge < -0.3 is 14.4 Å². The predicted molar refractivity (Wildman–Crippen MR) is 127 cm³/mol. The monoisotopic (exact) mass is 466 g/mol. The van der Waals surface area contributed by atoms with Crippen LogP contribution in [0.25, 0.3) is 0 Å². The molecule has 2 saturated heterocycles. The zero-order chi connectivity index (χ0) is 23.9. The molecule has 0 unspecified atom stereocenters. The quantitative estimate of drug-likeness (QED) is 0.512. The predicted octanol–water partition coefficient (Wildman–Crippen LogP) is 1.85. The van der Waals surface area contributed by atoms with Crippen molar-refractivity contribution in [3.63, 3.8) is 0 Å². The highest BCUT2D eigenvalue weighted by atomic mass is 16.5. The van der Waals surface area contributed by atoms with E-state index in [1.807, 2.05) is 12.1 Å². The highest BCUT2D eigenvalue weighted by Crippen LogP contribution is 2.21. The Morgan fingerprint density at radius 1 is 0.794 bits per heavy atom. The smallest absolute Gasteiger partial charge is 0.337 e. The number of carbonyl (C=O) groups is 3. The summed E-state index contributed by atoms with van der Waals surface area (Å²) in [5.74, 6) is -1.37. The number of rotatable bonds is 5. The Hall–Kier alpha value is -3.43. The van der Waals surface area contributed by atoms with Gasteiger partial charge in [0.25, 0.3) is 11.8 Å². The number of piperazine rings is 1. The third kappa shape index (κ3) is 5.73. The van der Waals surface area contributed by atoms with Gasteiger partial charge >= 0.3 is 5.97 Å². The van der Waals surface area contributed by atoms with Crippen LogP contribution >= 0.6 is 0 Å². The number of benzene rings is 2. The second kappa shape index (κ2) is 11.1. The van der Waals surface area contributed by atoms with Crippen molar-refractivity contribution in [3.05, 3.63) is 65.2 Å². The van der Waals surface area contributed by atoms with Gasteiger partial charge in [-0.15, -0.1) is 0 Å². The Bertz CT molecular complexity index is 995. The first-order valence-electron chi connectivity index (χ1n) is 11.5. The van der Waals surface area contributed by atoms with E-state index in [9.17, 15) is 14.4 Å². The minimum absolute atomic E-state index is 0.309. The van der Waals surface area contributed by atoms with Crippen LogP contribution in [0.15, 0.2) is 48.5 Å². The Labute approximate surface area is 199 Å². The summed E-state index contributed by atoms with van der Waals surface area (Å²) >= 11 is 0. The first-order chi connectivity index (χ1) is 16.5. The molecule has 4 rings (SSSR count). The molecular weight excluding hydrogens is 436 g/mol. The number of carbonyl (C=O) groups excluding carboxylic acids is 3. The summed E-state index contributed by atoms with van der Waals surface area (Å²) in [6, 6.07) is 14.0. The third-order valence-electron chi connectivity index (χ3n) is 6.37. The number of nitrogens with zero attached hydrogens (tertiary/aromatic N) is 2. The molecule has 0 radical (unpaired) electrons. The fourth-order valence-electron chi connectivity index (χ4n) is 4.35. The van der Waals surface area contributed by atoms with E-state index in [0.29, 0.717) is 22.7 Å². The maximum absolute atomic E-state index is 12.5. The van der Waals surface area contributed by atoms with Crippen molar-refractivity contribution in [1.29, 1.82) is 0 Å². The number of nitrogens with one attached hydrogen (secondary N) is 2. The van der Waals surface area contributed by atoms with Crippen molar-refractivity contribution < 1.29 is 23.9 Å². The lowest BCUT2D eigenvalue weighted by atomic mass is 10.1. The Balaban J connectivity index is 1.25. The summed E-state index contributed by atoms with van der Waals surface area (Å²) < 4.78 is 10.1. The molecule has 0 saturated carbocycles. The third-order valence-corrected chi connectivity index (χ3v) is 6.37. The largest absolute Gasteiger partial charge is 0.465 e. The molecule has 2 fully saturated rings. The van der Waals surface area contributed by atoms with Gasteiger partial charge in [0.15, 0.2) is 0 Å². The molecule has 9 heteroatoms. The number of hydrogen-bond donors (Lipinski definition) is 2. The molecule has 2 N–H and O–H groups in total. The molecule has 2 aliphatic heterocycles. The summed E-state index contributed by atoms with van der Waals surface area (Å²) in [6.07, 6.45) is 2.22. The van der Waals surface area contributed by atoms with Crippen molar-refractivity contribution >= 4 is 23.5 Å². The molecule has 34 heavy (non-hydrogen) atoms. The normalized spacial score (nSPS) is 17.1. The molecule has 0 spiro atoms. The molecule has 2 aliphatic rings. The van der Waals surface area contributed by atoms with Crippen LogP contribution in [0.2, 0.25) is 0 Å². The zero-order valence-electron chi connectivity index (χ0n) is 19.3. The van der Waals surface area contributed by atoms with Crippen molar-refractivity contribution in [3.8, 4) is 0 Å². The van der Waals surface area contributed by atoms with E-state index in [0.717, 1.165) is 57.9 Å². The average molecular weight is 467 g/mol. The molecule has 180 valence electrons. The summed E-state index contributed by atoms with van der Waals surface area (Å²) in [6.45, 7) is 5.67. The lowest BCUT2D eigenvalue weighted by molar-refractivity contribution is 0.0321. The number of ether oxygens (including phenoxy) is 2. The van der Waals surface area contributed by atoms with Crippen LogP contribution in [0.4, 0.5) is 5.69 Å². The lowest BCUT2D eigenvalue weighted by Gasteiger charge is -2.41. The van der Waals surface area contributed by atoms with Crippen LogP contribution in [0, 0.1) is 0 Å². The van der Waals surface area contributed by atoms with E-state index in [1.165, 1.54) is 31.4 Å². The fraction of sp³-hybridized carbons (Fsp3) is 0.400. The minimum atomic E-state index is -0.483. The maximum Gasteiger partial charge on any atom is 0.337 e. The molecule has 0 aliphatic carbocycles. The van der Waals surface area contributed by atoms with Crippen molar-refractivity contribution in [1.82, 2.24) is 15.8 Å². The summed E-state index contributed by atoms with van der Waals surface area (Å²) in [5.41, 5.74) is 7.00. The molecule has 2 aromatic rings. The van der Waals surface area contributed by atoms with E-state index in [1.54, 1.807) is 12.1 Å². The SMILES string of the molecule is COC(=O)c1ccc(C(=O)NNC(=O)c2ccc(N3CCN(C4CCOCC4)CC3)cc2)cc1. The van der Waals surface area contributed by atoms with Crippen LogP contribution in [0.1, 0.15) is 43.9 Å². The van der Waals surface area contributed by atoms with Gasteiger partial charge in [0.1, 0.15) is 0 Å². The van der Waals surface area contributed by atoms with Crippen LogP contribution in [-0.4, -0.2) is 75.2 Å². The van der Waals surface area contributed by atoms with E-state index in [-0.39, 0.29) is 0 Å². The van der Waals surface area contributed by atoms with E-state index < -0.39 is 17.8 Å². The minimum Gasteiger partial charge on any atom is -0.465 e. The maximum atomic E-state index is 12.5. The highest BCUT2D eigenvalue weighted by Gasteiger charge is 2.25. The number of esters is 1. The standard InChI is InChI=1S/C25H30N4O5/c1-33-25(32)20-4-2-18(3-5-20)23(30)26-27-24(31)19-6-8-21(9-7-19)28-12-14-29(15-13-28)22-10-16-34-17-11-22/h2-9,22H,10-17H2,1H3,(H,26,30)(H,27,31). The van der Waals surface area contributed by atoms with Crippen LogP contribution in [0.5, 0.6) is 0 Å². The average Bonchev–Trinajstić information content (AvgIpc) is 2.92. The van der Waals surface area contributed by atoms with Gasteiger partial charge in [0.05, 0.1) is 12.7 Å². The van der Waals surface area contributed by atoms with Crippen molar-refractivity contribution in [2.45, 2.75) is 18.9 Å². The lowest BCUT2D eigenvalue weighted by Crippen LogP contribution is -2.51. The highest BCUT2D eigenvalue weighted by molar-refractivity contribution is 5.99. The van der Waals surface area contributed by atoms with E-state index >= 15 is 0 Å². The molecule has 2 heterocycles. The number of hydrazine groups is 1. The van der Waals surface area contributed by atoms with E-state index in [4.69, 9.17) is 4.74 Å².